The van der Waals surface area contributed by atoms with E-state index in [0.29, 0.717) is 131 Å². The highest BCUT2D eigenvalue weighted by molar-refractivity contribution is 6.06. The first kappa shape index (κ1) is 108. The van der Waals surface area contributed by atoms with Crippen LogP contribution in [0.15, 0.2) is 234 Å². The molecule has 4 amide bonds. The summed E-state index contributed by atoms with van der Waals surface area (Å²) in [5.74, 6) is 2.38. The zero-order valence-corrected chi connectivity index (χ0v) is 87.3. The van der Waals surface area contributed by atoms with E-state index in [2.05, 4.69) is 178 Å². The van der Waals surface area contributed by atoms with Gasteiger partial charge in [0.2, 0.25) is 23.6 Å². The van der Waals surface area contributed by atoms with E-state index in [1.165, 1.54) is 66.4 Å². The molecule has 40 nitrogen and oxygen atoms in total. The molecule has 0 aliphatic carbocycles. The van der Waals surface area contributed by atoms with Crippen LogP contribution in [0.5, 0.6) is 23.0 Å². The number of benzene rings is 8. The van der Waals surface area contributed by atoms with Gasteiger partial charge in [0, 0.05) is 219 Å². The van der Waals surface area contributed by atoms with Crippen molar-refractivity contribution < 1.29 is 46.9 Å². The summed E-state index contributed by atoms with van der Waals surface area (Å²) < 4.78 is 59.3. The molecule has 0 spiro atoms. The molecule has 17 rings (SSSR count). The largest absolute Gasteiger partial charge is 0.494 e. The lowest BCUT2D eigenvalue weighted by atomic mass is 10.1. The third-order valence-electron chi connectivity index (χ3n) is 24.6. The predicted molar refractivity (Wildman–Crippen MR) is 592 cm³/mol. The highest BCUT2D eigenvalue weighted by Crippen LogP contribution is 2.45. The first-order valence-corrected chi connectivity index (χ1v) is 47.7. The standard InChI is InChI=1S/2C27H31FN8O2.C27H30N8O2.C27H32N8O2/c1-7-27(37)33-21-12-22(25(38-6)14-24(21)35(4)9-8-34(2)3)32-26-13-20(29-16-30-26)18-10-17-15-31-36(5)23(17)11-19(18)28;1-7-26(37)33-21-12-22(24(38-6)14-23(21)35(4)9-8-34(2)3)32-25-13-20(29-16-30-25)17-10-18-15-31-36(5)27(18)19(28)11-17;1-5-27(36)32-21-13-22(25(37-4)15-24(21)35-10-8-33(2)9-11-35)31-26-14-20(28-17-29-26)18-6-7-23-19(12-18)16-30-34(23)3;1-7-27(36)31-22-13-23(25(37-6)15-24(22)34(4)11-10-33(2)3)30-26-14-21(28-17-29-26)18-8-9-20-19(12-18)16-35(5)32-20/h2*7,10-16H,1,8-9H2,2-6H3,(H,33,37)(H,29,30,32);5-7,12-17H,1,8-11H2,2-4H3,(H,32,36)(H,28,29,31);7-9,12-17H,1,10-11H2,2-6H3,(H,31,36)(H,28,29,30). The summed E-state index contributed by atoms with van der Waals surface area (Å²) in [6.45, 7) is 22.6. The number of nitrogens with zero attached hydrogens (tertiary/aromatic N) is 24. The maximum absolute atomic E-state index is 15.0. The molecule has 1 saturated heterocycles. The minimum absolute atomic E-state index is 0.276. The van der Waals surface area contributed by atoms with Crippen LogP contribution in [-0.2, 0) is 47.4 Å². The summed E-state index contributed by atoms with van der Waals surface area (Å²) in [7, 11) is 33.7. The quantitative estimate of drug-likeness (QED) is 0.0168. The zero-order valence-electron chi connectivity index (χ0n) is 87.3. The van der Waals surface area contributed by atoms with Crippen molar-refractivity contribution in [3.8, 4) is 68.0 Å². The van der Waals surface area contributed by atoms with Crippen LogP contribution in [-0.4, -0.2) is 287 Å². The summed E-state index contributed by atoms with van der Waals surface area (Å²) in [5.41, 5.74) is 16.6. The number of hydrogen-bond acceptors (Lipinski definition) is 32. The normalized spacial score (nSPS) is 11.7. The van der Waals surface area contributed by atoms with Gasteiger partial charge in [-0.15, -0.1) is 0 Å². The minimum Gasteiger partial charge on any atom is -0.494 e. The molecule has 16 aromatic rings. The Kier molecular flexibility index (Phi) is 35.5. The van der Waals surface area contributed by atoms with Gasteiger partial charge in [-0.2, -0.15) is 20.4 Å². The topological polar surface area (TPSA) is 402 Å². The SMILES string of the molecule is C=CC(=O)Nc1cc(Nc2cc(-c3cc(F)c4c(cnn4C)c3)ncn2)c(OC)cc1N(C)CCN(C)C.C=CC(=O)Nc1cc(Nc2cc(-c3cc4cnn(C)c4cc3F)ncn2)c(OC)cc1N(C)CCN(C)C.C=CC(=O)Nc1cc(Nc2cc(-c3ccc4c(cnn4C)c3)ncn2)c(OC)cc1N1CCN(C)CC1.C=CC(=O)Nc1cc(Nc2cc(-c3ccc4nn(C)cc4c3)ncn2)c(OC)cc1N(C)CCN(C)C. The van der Waals surface area contributed by atoms with E-state index in [1.807, 2.05) is 183 Å². The fourth-order valence-corrected chi connectivity index (χ4v) is 16.4. The van der Waals surface area contributed by atoms with E-state index in [4.69, 9.17) is 18.9 Å². The Balaban J connectivity index is 0.000000157. The lowest BCUT2D eigenvalue weighted by Gasteiger charge is -2.35. The van der Waals surface area contributed by atoms with Gasteiger partial charge in [-0.05, 0) is 140 Å². The molecule has 1 fully saturated rings. The summed E-state index contributed by atoms with van der Waals surface area (Å²) in [5, 5.41) is 45.4. The van der Waals surface area contributed by atoms with Crippen molar-refractivity contribution in [3.63, 3.8) is 0 Å². The molecule has 8 aromatic heterocycles. The first-order chi connectivity index (χ1) is 72.1. The maximum atomic E-state index is 15.0. The number of aryl methyl sites for hydroxylation is 4. The number of piperazine rings is 1. The fraction of sp³-hybridized carbons (Fsp3) is 0.259. The Morgan fingerprint density at radius 2 is 0.733 bits per heavy atom. The van der Waals surface area contributed by atoms with E-state index in [1.54, 1.807) is 94.6 Å². The van der Waals surface area contributed by atoms with Crippen LogP contribution in [0.25, 0.3) is 88.6 Å². The summed E-state index contributed by atoms with van der Waals surface area (Å²) in [6.07, 6.45) is 17.9. The second-order valence-corrected chi connectivity index (χ2v) is 36.1. The van der Waals surface area contributed by atoms with Crippen molar-refractivity contribution in [1.29, 1.82) is 0 Å². The third kappa shape index (κ3) is 26.9. The molecule has 9 heterocycles. The number of amides is 4. The highest BCUT2D eigenvalue weighted by atomic mass is 19.1. The molecule has 42 heteroatoms. The van der Waals surface area contributed by atoms with Crippen LogP contribution in [0.2, 0.25) is 0 Å². The Hall–Kier alpha value is -17.9. The number of fused-ring (bicyclic) bond motifs is 4. The average molecular weight is 2040 g/mol. The van der Waals surface area contributed by atoms with Gasteiger partial charge >= 0.3 is 0 Å². The number of nitrogens with one attached hydrogen (secondary N) is 8. The van der Waals surface area contributed by atoms with Crippen LogP contribution in [0.4, 0.5) is 100 Å². The highest BCUT2D eigenvalue weighted by Gasteiger charge is 2.27. The van der Waals surface area contributed by atoms with E-state index in [9.17, 15) is 28.0 Å². The first-order valence-electron chi connectivity index (χ1n) is 47.7. The van der Waals surface area contributed by atoms with Gasteiger partial charge < -0.3 is 101 Å². The monoisotopic (exact) mass is 2040 g/mol. The molecular formula is C108H124F2N32O8. The Morgan fingerprint density at radius 1 is 0.367 bits per heavy atom. The van der Waals surface area contributed by atoms with Crippen molar-refractivity contribution in [2.75, 3.05) is 226 Å². The van der Waals surface area contributed by atoms with Gasteiger partial charge in [0.15, 0.2) is 0 Å². The van der Waals surface area contributed by atoms with Gasteiger partial charge in [-0.3, -0.25) is 37.9 Å². The molecule has 0 saturated carbocycles. The number of halogens is 2. The smallest absolute Gasteiger partial charge is 0.247 e. The second-order valence-electron chi connectivity index (χ2n) is 36.1. The van der Waals surface area contributed by atoms with Crippen LogP contribution >= 0.6 is 0 Å². The van der Waals surface area contributed by atoms with Crippen molar-refractivity contribution in [2.45, 2.75) is 0 Å². The van der Waals surface area contributed by atoms with Gasteiger partial charge in [-0.1, -0.05) is 38.4 Å². The van der Waals surface area contributed by atoms with Crippen LogP contribution in [0.3, 0.4) is 0 Å². The molecule has 8 N–H and O–H groups in total. The summed E-state index contributed by atoms with van der Waals surface area (Å²) >= 11 is 0. The third-order valence-corrected chi connectivity index (χ3v) is 24.6. The fourth-order valence-electron chi connectivity index (χ4n) is 16.4. The molecule has 1 aliphatic rings. The lowest BCUT2D eigenvalue weighted by Crippen LogP contribution is -2.44. The molecule has 0 bridgehead atoms. The molecule has 1 aliphatic heterocycles. The number of carbonyl (C=O) groups excluding carboxylic acids is 4. The van der Waals surface area contributed by atoms with E-state index in [0.717, 1.165) is 138 Å². The lowest BCUT2D eigenvalue weighted by molar-refractivity contribution is -0.112. The van der Waals surface area contributed by atoms with Crippen LogP contribution < -0.4 is 81.1 Å². The van der Waals surface area contributed by atoms with Gasteiger partial charge in [0.05, 0.1) is 155 Å². The molecule has 778 valence electrons. The number of likely N-dealkylation sites (N-methyl/N-ethyl adjacent to an activating group) is 7. The summed E-state index contributed by atoms with van der Waals surface area (Å²) in [4.78, 5) is 101. The Bertz CT molecular complexity index is 7620. The molecular weight excluding hydrogens is 1910 g/mol. The van der Waals surface area contributed by atoms with Crippen molar-refractivity contribution >= 4 is 159 Å². The zero-order chi connectivity index (χ0) is 107. The predicted octanol–water partition coefficient (Wildman–Crippen LogP) is 15.7. The second kappa shape index (κ2) is 49.3. The van der Waals surface area contributed by atoms with Crippen molar-refractivity contribution in [1.82, 2.24) is 98.6 Å². The van der Waals surface area contributed by atoms with E-state index >= 15 is 0 Å². The maximum Gasteiger partial charge on any atom is 0.247 e. The number of carbonyl (C=O) groups is 4. The van der Waals surface area contributed by atoms with Crippen LogP contribution in [0.1, 0.15) is 0 Å². The Labute approximate surface area is 868 Å². The molecule has 150 heavy (non-hydrogen) atoms. The number of hydrogen-bond donors (Lipinski definition) is 8. The molecule has 8 aromatic carbocycles. The van der Waals surface area contributed by atoms with E-state index in [-0.39, 0.29) is 29.4 Å². The van der Waals surface area contributed by atoms with E-state index < -0.39 is 5.82 Å². The minimum atomic E-state index is -0.414. The van der Waals surface area contributed by atoms with Crippen LogP contribution in [0, 0.1) is 11.6 Å². The number of rotatable bonds is 37. The number of aromatic nitrogens is 16. The van der Waals surface area contributed by atoms with Gasteiger partial charge in [-0.25, -0.2) is 48.7 Å². The number of methoxy groups -OCH3 is 4. The Morgan fingerprint density at radius 3 is 1.17 bits per heavy atom. The average Bonchev–Trinajstić information content (AvgIpc) is 1.72. The van der Waals surface area contributed by atoms with Gasteiger partial charge in [0.25, 0.3) is 0 Å². The van der Waals surface area contributed by atoms with Crippen molar-refractivity contribution in [2.24, 2.45) is 28.2 Å². The number of ether oxygens (including phenoxy) is 4. The molecule has 0 unspecified atom stereocenters. The number of anilines is 16. The van der Waals surface area contributed by atoms with Crippen molar-refractivity contribution in [3.05, 3.63) is 246 Å². The summed E-state index contributed by atoms with van der Waals surface area (Å²) in [6, 6.07) is 40.5. The molecule has 0 radical (unpaired) electrons. The molecule has 0 atom stereocenters. The van der Waals surface area contributed by atoms with Gasteiger partial charge in [0.1, 0.15) is 88.7 Å².